The van der Waals surface area contributed by atoms with E-state index in [0.717, 1.165) is 0 Å². The van der Waals surface area contributed by atoms with Crippen molar-refractivity contribution in [1.29, 1.82) is 5.26 Å². The maximum Gasteiger partial charge on any atom is 0.326 e. The van der Waals surface area contributed by atoms with Crippen molar-refractivity contribution in [1.82, 2.24) is 10.6 Å². The van der Waals surface area contributed by atoms with E-state index in [-0.39, 0.29) is 18.2 Å². The highest BCUT2D eigenvalue weighted by Gasteiger charge is 2.27. The molecule has 0 saturated heterocycles. The predicted octanol–water partition coefficient (Wildman–Crippen LogP) is 0.656. The number of carbonyl (C=O) groups is 3. The van der Waals surface area contributed by atoms with E-state index in [0.29, 0.717) is 6.42 Å². The number of nitrogens with zero attached hydrogens (tertiary/aromatic N) is 1. The lowest BCUT2D eigenvalue weighted by Crippen LogP contribution is -2.52. The molecule has 0 rings (SSSR count). The van der Waals surface area contributed by atoms with Crippen LogP contribution >= 0.6 is 0 Å². The molecular weight excluding hydrogens is 274 g/mol. The number of hydrogen-bond donors (Lipinski definition) is 3. The van der Waals surface area contributed by atoms with Gasteiger partial charge in [-0.25, -0.2) is 4.79 Å². The summed E-state index contributed by atoms with van der Waals surface area (Å²) in [4.78, 5) is 34.4. The Morgan fingerprint density at radius 1 is 1.10 bits per heavy atom. The number of carbonyl (C=O) groups excluding carboxylic acids is 2. The van der Waals surface area contributed by atoms with Crippen molar-refractivity contribution < 1.29 is 19.5 Å². The number of nitriles is 1. The zero-order valence-corrected chi connectivity index (χ0v) is 12.8. The van der Waals surface area contributed by atoms with Crippen LogP contribution in [0.5, 0.6) is 0 Å². The first-order valence-corrected chi connectivity index (χ1v) is 6.87. The van der Waals surface area contributed by atoms with Gasteiger partial charge in [0.2, 0.25) is 11.8 Å². The third-order valence-corrected chi connectivity index (χ3v) is 2.83. The summed E-state index contributed by atoms with van der Waals surface area (Å²) in [6.45, 7) is 6.68. The molecule has 118 valence electrons. The predicted molar refractivity (Wildman–Crippen MR) is 76.0 cm³/mol. The zero-order valence-electron chi connectivity index (χ0n) is 12.8. The van der Waals surface area contributed by atoms with Gasteiger partial charge in [-0.15, -0.1) is 0 Å². The van der Waals surface area contributed by atoms with E-state index >= 15 is 0 Å². The number of carboxylic acids is 1. The molecular formula is C14H23N3O4. The molecule has 0 spiro atoms. The summed E-state index contributed by atoms with van der Waals surface area (Å²) in [5.41, 5.74) is 0. The lowest BCUT2D eigenvalue weighted by atomic mass is 10.0. The highest BCUT2D eigenvalue weighted by molar-refractivity contribution is 5.89. The fourth-order valence-corrected chi connectivity index (χ4v) is 1.85. The molecule has 3 atom stereocenters. The van der Waals surface area contributed by atoms with E-state index < -0.39 is 29.9 Å². The van der Waals surface area contributed by atoms with Crippen molar-refractivity contribution in [3.05, 3.63) is 0 Å². The Morgan fingerprint density at radius 3 is 2.05 bits per heavy atom. The summed E-state index contributed by atoms with van der Waals surface area (Å²) >= 11 is 0. The molecule has 0 radical (unpaired) electrons. The molecule has 0 fully saturated rings. The molecule has 0 aliphatic rings. The number of carboxylic acid groups (broad SMARTS) is 1. The molecule has 0 aromatic heterocycles. The van der Waals surface area contributed by atoms with Gasteiger partial charge >= 0.3 is 5.97 Å². The first kappa shape index (κ1) is 18.9. The van der Waals surface area contributed by atoms with Gasteiger partial charge in [-0.2, -0.15) is 5.26 Å². The van der Waals surface area contributed by atoms with Crippen molar-refractivity contribution in [3.63, 3.8) is 0 Å². The van der Waals surface area contributed by atoms with Crippen LogP contribution in [0, 0.1) is 23.2 Å². The molecule has 0 aliphatic carbocycles. The second-order valence-corrected chi connectivity index (χ2v) is 5.55. The molecule has 0 aliphatic heterocycles. The smallest absolute Gasteiger partial charge is 0.326 e. The monoisotopic (exact) mass is 297 g/mol. The first-order valence-electron chi connectivity index (χ1n) is 6.87. The first-order chi connectivity index (χ1) is 9.67. The van der Waals surface area contributed by atoms with E-state index in [2.05, 4.69) is 10.6 Å². The highest BCUT2D eigenvalue weighted by Crippen LogP contribution is 2.08. The van der Waals surface area contributed by atoms with Gasteiger partial charge in [-0.1, -0.05) is 13.8 Å². The van der Waals surface area contributed by atoms with Gasteiger partial charge in [-0.3, -0.25) is 9.59 Å². The molecule has 0 aromatic carbocycles. The molecule has 7 heteroatoms. The molecule has 7 nitrogen and oxygen atoms in total. The Morgan fingerprint density at radius 2 is 1.67 bits per heavy atom. The van der Waals surface area contributed by atoms with Crippen molar-refractivity contribution in [2.75, 3.05) is 0 Å². The van der Waals surface area contributed by atoms with E-state index in [1.807, 2.05) is 19.9 Å². The van der Waals surface area contributed by atoms with Gasteiger partial charge in [0.25, 0.3) is 0 Å². The average Bonchev–Trinajstić information content (AvgIpc) is 2.35. The van der Waals surface area contributed by atoms with Gasteiger partial charge in [0, 0.05) is 12.8 Å². The second-order valence-electron chi connectivity index (χ2n) is 5.55. The van der Waals surface area contributed by atoms with Gasteiger partial charge in [0.1, 0.15) is 12.1 Å². The van der Waals surface area contributed by atoms with E-state index in [9.17, 15) is 14.4 Å². The molecule has 0 aromatic rings. The number of aliphatic carboxylic acids is 1. The van der Waals surface area contributed by atoms with Crippen molar-refractivity contribution >= 4 is 17.8 Å². The maximum atomic E-state index is 12.1. The Bertz CT molecular complexity index is 428. The van der Waals surface area contributed by atoms with Gasteiger partial charge in [0.15, 0.2) is 0 Å². The normalized spacial score (nSPS) is 14.7. The minimum absolute atomic E-state index is 0.0199. The standard InChI is InChI=1S/C14H23N3O4/c1-8(2)5-11(16-10(4)18)13(19)17-12(14(20)21)6-9(3)7-15/h8-9,11-12H,5-6H2,1-4H3,(H,16,18)(H,17,19)(H,20,21)/t9-,11-,12-/m0/s1. The van der Waals surface area contributed by atoms with Crippen molar-refractivity contribution in [2.45, 2.75) is 52.6 Å². The average molecular weight is 297 g/mol. The SMILES string of the molecule is CC(=O)N[C@@H](CC(C)C)C(=O)N[C@@H](C[C@H](C)C#N)C(=O)O. The Kier molecular flexibility index (Phi) is 8.06. The zero-order chi connectivity index (χ0) is 16.6. The van der Waals surface area contributed by atoms with E-state index in [1.54, 1.807) is 6.92 Å². The Labute approximate surface area is 124 Å². The maximum absolute atomic E-state index is 12.1. The molecule has 0 unspecified atom stereocenters. The largest absolute Gasteiger partial charge is 0.480 e. The lowest BCUT2D eigenvalue weighted by Gasteiger charge is -2.22. The second kappa shape index (κ2) is 8.95. The summed E-state index contributed by atoms with van der Waals surface area (Å²) in [5, 5.41) is 22.7. The van der Waals surface area contributed by atoms with Gasteiger partial charge in [-0.05, 0) is 25.7 Å². The van der Waals surface area contributed by atoms with Crippen LogP contribution in [0.3, 0.4) is 0 Å². The van der Waals surface area contributed by atoms with Gasteiger partial charge in [0.05, 0.1) is 6.07 Å². The molecule has 21 heavy (non-hydrogen) atoms. The third-order valence-electron chi connectivity index (χ3n) is 2.83. The van der Waals surface area contributed by atoms with Crippen LogP contribution in [-0.4, -0.2) is 35.0 Å². The van der Waals surface area contributed by atoms with Crippen LogP contribution in [0.15, 0.2) is 0 Å². The number of hydrogen-bond acceptors (Lipinski definition) is 4. The Hall–Kier alpha value is -2.10. The van der Waals surface area contributed by atoms with Crippen LogP contribution in [0.4, 0.5) is 0 Å². The summed E-state index contributed by atoms with van der Waals surface area (Å²) in [6, 6.07) is 0.0136. The van der Waals surface area contributed by atoms with Crippen LogP contribution in [-0.2, 0) is 14.4 Å². The number of rotatable bonds is 8. The van der Waals surface area contributed by atoms with Crippen molar-refractivity contribution in [2.24, 2.45) is 11.8 Å². The fourth-order valence-electron chi connectivity index (χ4n) is 1.85. The summed E-state index contributed by atoms with van der Waals surface area (Å²) < 4.78 is 0. The highest BCUT2D eigenvalue weighted by atomic mass is 16.4. The van der Waals surface area contributed by atoms with Crippen LogP contribution in [0.25, 0.3) is 0 Å². The molecule has 3 N–H and O–H groups in total. The Balaban J connectivity index is 4.86. The number of nitrogens with one attached hydrogen (secondary N) is 2. The minimum Gasteiger partial charge on any atom is -0.480 e. The van der Waals surface area contributed by atoms with Crippen LogP contribution in [0.1, 0.15) is 40.5 Å². The van der Waals surface area contributed by atoms with E-state index in [1.165, 1.54) is 6.92 Å². The number of amides is 2. The quantitative estimate of drug-likeness (QED) is 0.608. The van der Waals surface area contributed by atoms with Crippen LogP contribution < -0.4 is 10.6 Å². The van der Waals surface area contributed by atoms with Crippen LogP contribution in [0.2, 0.25) is 0 Å². The molecule has 0 bridgehead atoms. The van der Waals surface area contributed by atoms with Crippen molar-refractivity contribution in [3.8, 4) is 6.07 Å². The molecule has 0 heterocycles. The molecule has 0 saturated carbocycles. The minimum atomic E-state index is -1.20. The van der Waals surface area contributed by atoms with E-state index in [4.69, 9.17) is 10.4 Å². The topological polar surface area (TPSA) is 119 Å². The third kappa shape index (κ3) is 7.92. The summed E-state index contributed by atoms with van der Waals surface area (Å²) in [5.74, 6) is -2.43. The summed E-state index contributed by atoms with van der Waals surface area (Å²) in [6.07, 6.45) is 0.428. The van der Waals surface area contributed by atoms with Gasteiger partial charge < -0.3 is 15.7 Å². The summed E-state index contributed by atoms with van der Waals surface area (Å²) in [7, 11) is 0. The lowest BCUT2D eigenvalue weighted by molar-refractivity contribution is -0.142. The molecule has 2 amide bonds. The fraction of sp³-hybridized carbons (Fsp3) is 0.714.